The van der Waals surface area contributed by atoms with E-state index >= 15 is 0 Å². The molecule has 0 radical (unpaired) electrons. The van der Waals surface area contributed by atoms with Crippen LogP contribution in [0.2, 0.25) is 0 Å². The number of nitrogens with one attached hydrogen (secondary N) is 2. The summed E-state index contributed by atoms with van der Waals surface area (Å²) < 4.78 is 48.7. The molecule has 0 aliphatic rings. The van der Waals surface area contributed by atoms with E-state index in [9.17, 15) is 21.6 Å². The molecule has 0 atom stereocenters. The number of anilines is 2. The first-order valence-corrected chi connectivity index (χ1v) is 13.2. The summed E-state index contributed by atoms with van der Waals surface area (Å²) in [6, 6.07) is 6.62. The van der Waals surface area contributed by atoms with Gasteiger partial charge in [0, 0.05) is 16.6 Å². The maximum absolute atomic E-state index is 12.0. The second-order valence-corrected chi connectivity index (χ2v) is 11.1. The van der Waals surface area contributed by atoms with E-state index in [4.69, 9.17) is 0 Å². The highest BCUT2D eigenvalue weighted by Gasteiger charge is 2.17. The number of carbonyl (C=O) groups is 1. The van der Waals surface area contributed by atoms with E-state index in [1.807, 2.05) is 6.92 Å². The lowest BCUT2D eigenvalue weighted by atomic mass is 10.1. The number of benzene rings is 1. The maximum Gasteiger partial charge on any atom is 0.241 e. The van der Waals surface area contributed by atoms with Crippen LogP contribution >= 0.6 is 11.3 Å². The van der Waals surface area contributed by atoms with Gasteiger partial charge in [0.05, 0.1) is 17.7 Å². The van der Waals surface area contributed by atoms with Crippen molar-refractivity contribution in [2.75, 3.05) is 27.8 Å². The van der Waals surface area contributed by atoms with Crippen molar-refractivity contribution >= 4 is 47.9 Å². The number of carbonyl (C=O) groups excluding carboxylic acids is 1. The van der Waals surface area contributed by atoms with Crippen LogP contribution in [0, 0.1) is 0 Å². The minimum absolute atomic E-state index is 0.00520. The highest BCUT2D eigenvalue weighted by molar-refractivity contribution is 7.92. The molecule has 0 saturated carbocycles. The minimum atomic E-state index is -3.43. The molecule has 2 rings (SSSR count). The average molecular weight is 446 g/mol. The van der Waals surface area contributed by atoms with Gasteiger partial charge in [0.25, 0.3) is 0 Å². The molecule has 154 valence electrons. The van der Waals surface area contributed by atoms with Crippen LogP contribution in [-0.2, 0) is 24.7 Å². The van der Waals surface area contributed by atoms with E-state index in [-0.39, 0.29) is 5.75 Å². The third-order valence-corrected chi connectivity index (χ3v) is 6.62. The molecule has 1 amide bonds. The fraction of sp³-hybridized carbons (Fsp3) is 0.412. The van der Waals surface area contributed by atoms with Crippen LogP contribution in [0.4, 0.5) is 10.8 Å². The second kappa shape index (κ2) is 9.48. The fourth-order valence-electron chi connectivity index (χ4n) is 2.39. The molecule has 1 heterocycles. The number of sulfonamides is 1. The number of nitrogens with zero attached hydrogens (tertiary/aromatic N) is 1. The van der Waals surface area contributed by atoms with Crippen LogP contribution in [0.25, 0.3) is 11.3 Å². The van der Waals surface area contributed by atoms with E-state index < -0.39 is 31.5 Å². The molecular formula is C17H23N3O5S3. The Hall–Kier alpha value is -1.98. The Labute approximate surface area is 169 Å². The number of thiazole rings is 1. The van der Waals surface area contributed by atoms with Gasteiger partial charge in [0.15, 0.2) is 15.0 Å². The topological polar surface area (TPSA) is 122 Å². The number of rotatable bonds is 10. The maximum atomic E-state index is 12.0. The smallest absolute Gasteiger partial charge is 0.241 e. The zero-order valence-electron chi connectivity index (χ0n) is 15.6. The molecular weight excluding hydrogens is 422 g/mol. The van der Waals surface area contributed by atoms with Crippen molar-refractivity contribution in [3.63, 3.8) is 0 Å². The molecule has 0 spiro atoms. The van der Waals surface area contributed by atoms with Gasteiger partial charge in [-0.2, -0.15) is 0 Å². The first kappa shape index (κ1) is 22.3. The van der Waals surface area contributed by atoms with Gasteiger partial charge in [0.1, 0.15) is 5.75 Å². The molecule has 8 nitrogen and oxygen atoms in total. The molecule has 0 saturated heterocycles. The molecule has 11 heteroatoms. The van der Waals surface area contributed by atoms with Crippen molar-refractivity contribution in [1.29, 1.82) is 0 Å². The standard InChI is InChI=1S/C17H23N3O5S3/c1-3-4-5-10-28(24,25)12-16(21)19-17-18-15(11-26-17)13-6-8-14(9-7-13)20-27(2,22)23/h6-9,11,20H,3-5,10,12H2,1-2H3,(H,18,19,21). The molecule has 2 aromatic rings. The Kier molecular flexibility index (Phi) is 7.55. The summed E-state index contributed by atoms with van der Waals surface area (Å²) in [5, 5.41) is 4.55. The highest BCUT2D eigenvalue weighted by Crippen LogP contribution is 2.26. The van der Waals surface area contributed by atoms with Crippen molar-refractivity contribution in [2.24, 2.45) is 0 Å². The number of sulfone groups is 1. The summed E-state index contributed by atoms with van der Waals surface area (Å²) in [6.07, 6.45) is 3.35. The molecule has 2 N–H and O–H groups in total. The largest absolute Gasteiger partial charge is 0.301 e. The summed E-state index contributed by atoms with van der Waals surface area (Å²) in [7, 11) is -6.78. The average Bonchev–Trinajstić information content (AvgIpc) is 3.02. The van der Waals surface area contributed by atoms with Crippen LogP contribution in [0.15, 0.2) is 29.6 Å². The van der Waals surface area contributed by atoms with Gasteiger partial charge < -0.3 is 5.32 Å². The lowest BCUT2D eigenvalue weighted by molar-refractivity contribution is -0.113. The molecule has 0 fully saturated rings. The van der Waals surface area contributed by atoms with Gasteiger partial charge in [0.2, 0.25) is 15.9 Å². The van der Waals surface area contributed by atoms with Crippen molar-refractivity contribution in [3.05, 3.63) is 29.6 Å². The monoisotopic (exact) mass is 445 g/mol. The number of hydrogen-bond acceptors (Lipinski definition) is 7. The summed E-state index contributed by atoms with van der Waals surface area (Å²) in [4.78, 5) is 16.3. The Balaban J connectivity index is 1.97. The Morgan fingerprint density at radius 2 is 1.79 bits per heavy atom. The van der Waals surface area contributed by atoms with E-state index in [0.29, 0.717) is 22.9 Å². The fourth-order valence-corrected chi connectivity index (χ4v) is 4.95. The van der Waals surface area contributed by atoms with Gasteiger partial charge in [-0.05, 0) is 18.6 Å². The van der Waals surface area contributed by atoms with Crippen molar-refractivity contribution in [2.45, 2.75) is 26.2 Å². The quantitative estimate of drug-likeness (QED) is 0.542. The van der Waals surface area contributed by atoms with E-state index in [1.54, 1.807) is 29.6 Å². The third-order valence-electron chi connectivity index (χ3n) is 3.64. The van der Waals surface area contributed by atoms with Gasteiger partial charge in [-0.3, -0.25) is 9.52 Å². The molecule has 0 bridgehead atoms. The van der Waals surface area contributed by atoms with Crippen LogP contribution in [0.5, 0.6) is 0 Å². The molecule has 1 aromatic carbocycles. The summed E-state index contributed by atoms with van der Waals surface area (Å²) in [5.41, 5.74) is 1.77. The van der Waals surface area contributed by atoms with Crippen LogP contribution in [-0.4, -0.2) is 45.5 Å². The first-order valence-electron chi connectivity index (χ1n) is 8.62. The SMILES string of the molecule is CCCCCS(=O)(=O)CC(=O)Nc1nc(-c2ccc(NS(C)(=O)=O)cc2)cs1. The Morgan fingerprint density at radius 1 is 1.11 bits per heavy atom. The second-order valence-electron chi connectivity index (χ2n) is 6.34. The third kappa shape index (κ3) is 7.56. The first-order chi connectivity index (χ1) is 13.1. The van der Waals surface area contributed by atoms with E-state index in [1.165, 1.54) is 11.3 Å². The van der Waals surface area contributed by atoms with Gasteiger partial charge in [-0.15, -0.1) is 11.3 Å². The lowest BCUT2D eigenvalue weighted by Gasteiger charge is -2.05. The summed E-state index contributed by atoms with van der Waals surface area (Å²) >= 11 is 1.19. The number of aromatic nitrogens is 1. The minimum Gasteiger partial charge on any atom is -0.301 e. The van der Waals surface area contributed by atoms with Gasteiger partial charge >= 0.3 is 0 Å². The van der Waals surface area contributed by atoms with Crippen molar-refractivity contribution in [3.8, 4) is 11.3 Å². The normalized spacial score (nSPS) is 11.9. The predicted molar refractivity (Wildman–Crippen MR) is 113 cm³/mol. The Morgan fingerprint density at radius 3 is 2.39 bits per heavy atom. The van der Waals surface area contributed by atoms with Crippen LogP contribution < -0.4 is 10.0 Å². The molecule has 0 aliphatic carbocycles. The zero-order chi connectivity index (χ0) is 20.8. The van der Waals surface area contributed by atoms with Crippen molar-refractivity contribution < 1.29 is 21.6 Å². The van der Waals surface area contributed by atoms with Gasteiger partial charge in [-0.25, -0.2) is 21.8 Å². The number of unbranched alkanes of at least 4 members (excludes halogenated alkanes) is 2. The molecule has 28 heavy (non-hydrogen) atoms. The van der Waals surface area contributed by atoms with Crippen molar-refractivity contribution in [1.82, 2.24) is 4.98 Å². The lowest BCUT2D eigenvalue weighted by Crippen LogP contribution is -2.24. The predicted octanol–water partition coefficient (Wildman–Crippen LogP) is 2.73. The summed E-state index contributed by atoms with van der Waals surface area (Å²) in [5.74, 6) is -1.16. The molecule has 0 unspecified atom stereocenters. The highest BCUT2D eigenvalue weighted by atomic mass is 32.2. The van der Waals surface area contributed by atoms with Crippen LogP contribution in [0.1, 0.15) is 26.2 Å². The van der Waals surface area contributed by atoms with Gasteiger partial charge in [-0.1, -0.05) is 31.9 Å². The molecule has 1 aromatic heterocycles. The molecule has 0 aliphatic heterocycles. The number of hydrogen-bond donors (Lipinski definition) is 2. The Bertz CT molecular complexity index is 1010. The zero-order valence-corrected chi connectivity index (χ0v) is 18.1. The summed E-state index contributed by atoms with van der Waals surface area (Å²) in [6.45, 7) is 1.98. The van der Waals surface area contributed by atoms with Crippen LogP contribution in [0.3, 0.4) is 0 Å². The van der Waals surface area contributed by atoms with E-state index in [2.05, 4.69) is 15.0 Å². The number of amides is 1. The van der Waals surface area contributed by atoms with E-state index in [0.717, 1.165) is 24.7 Å².